The highest BCUT2D eigenvalue weighted by molar-refractivity contribution is 5.93. The van der Waals surface area contributed by atoms with Gasteiger partial charge in [-0.05, 0) is 0 Å². The van der Waals surface area contributed by atoms with Gasteiger partial charge in [0.05, 0.1) is 0 Å². The van der Waals surface area contributed by atoms with Crippen LogP contribution in [0.5, 0.6) is 0 Å². The van der Waals surface area contributed by atoms with Gasteiger partial charge in [0.2, 0.25) is 0 Å². The van der Waals surface area contributed by atoms with Crippen molar-refractivity contribution in [2.45, 2.75) is 0 Å². The minimum absolute atomic E-state index is 0.950. The van der Waals surface area contributed by atoms with Crippen LogP contribution in [0, 0.1) is 0 Å². The second kappa shape index (κ2) is 2.44. The maximum absolute atomic E-state index is 5.72. The summed E-state index contributed by atoms with van der Waals surface area (Å²) in [6.07, 6.45) is 1.90. The van der Waals surface area contributed by atoms with Crippen molar-refractivity contribution in [3.8, 4) is 0 Å². The number of hydrogen-bond acceptors (Lipinski definition) is 2. The molecule has 0 aliphatic carbocycles. The smallest absolute Gasteiger partial charge is 0.132 e. The number of nitrogens with zero attached hydrogens (tertiary/aromatic N) is 1. The molecule has 1 aromatic carbocycles. The topological polar surface area (TPSA) is 43.0 Å². The van der Waals surface area contributed by atoms with Crippen LogP contribution in [0.15, 0.2) is 30.5 Å². The highest BCUT2D eigenvalue weighted by atomic mass is 15.3. The molecule has 0 aliphatic heterocycles. The number of aromatic nitrogens is 1. The Balaban J connectivity index is 2.81. The monoisotopic (exact) mass is 161 g/mol. The Kier molecular flexibility index (Phi) is 1.43. The van der Waals surface area contributed by atoms with Crippen LogP contribution in [0.1, 0.15) is 0 Å². The van der Waals surface area contributed by atoms with Crippen molar-refractivity contribution in [2.24, 2.45) is 0 Å². The van der Waals surface area contributed by atoms with Crippen molar-refractivity contribution in [3.05, 3.63) is 30.5 Å². The summed E-state index contributed by atoms with van der Waals surface area (Å²) < 4.78 is 1.60. The lowest BCUT2D eigenvalue weighted by atomic mass is 10.2. The normalized spacial score (nSPS) is 10.4. The molecule has 0 spiro atoms. The van der Waals surface area contributed by atoms with Crippen LogP contribution in [-0.2, 0) is 0 Å². The van der Waals surface area contributed by atoms with E-state index >= 15 is 0 Å². The molecule has 0 amide bonds. The van der Waals surface area contributed by atoms with Crippen LogP contribution in [0.25, 0.3) is 10.8 Å². The van der Waals surface area contributed by atoms with E-state index in [0.29, 0.717) is 0 Å². The second-order valence-corrected chi connectivity index (χ2v) is 2.72. The second-order valence-electron chi connectivity index (χ2n) is 2.72. The third-order valence-electron chi connectivity index (χ3n) is 1.99. The van der Waals surface area contributed by atoms with Gasteiger partial charge in [-0.2, -0.15) is 0 Å². The van der Waals surface area contributed by atoms with Gasteiger partial charge < -0.3 is 11.2 Å². The Morgan fingerprint density at radius 2 is 2.08 bits per heavy atom. The quantitative estimate of drug-likeness (QED) is 0.621. The van der Waals surface area contributed by atoms with Crippen molar-refractivity contribution in [2.75, 3.05) is 18.2 Å². The first-order valence-electron chi connectivity index (χ1n) is 3.86. The van der Waals surface area contributed by atoms with E-state index in [-0.39, 0.29) is 0 Å². The predicted molar refractivity (Wildman–Crippen MR) is 51.6 cm³/mol. The molecule has 1 aromatic heterocycles. The van der Waals surface area contributed by atoms with Crippen molar-refractivity contribution in [1.82, 2.24) is 4.68 Å². The van der Waals surface area contributed by atoms with Crippen LogP contribution in [-0.4, -0.2) is 11.7 Å². The minimum atomic E-state index is 0.950. The third-order valence-corrected chi connectivity index (χ3v) is 1.99. The van der Waals surface area contributed by atoms with E-state index in [0.717, 1.165) is 16.6 Å². The van der Waals surface area contributed by atoms with Crippen molar-refractivity contribution < 1.29 is 0 Å². The van der Waals surface area contributed by atoms with Gasteiger partial charge in [0, 0.05) is 24.0 Å². The molecule has 3 heteroatoms. The van der Waals surface area contributed by atoms with E-state index in [1.54, 1.807) is 4.68 Å². The summed E-state index contributed by atoms with van der Waals surface area (Å²) in [4.78, 5) is 0. The summed E-state index contributed by atoms with van der Waals surface area (Å²) >= 11 is 0. The Morgan fingerprint density at radius 3 is 2.83 bits per heavy atom. The summed E-state index contributed by atoms with van der Waals surface area (Å²) in [6, 6.07) is 8.09. The largest absolute Gasteiger partial charge is 0.373 e. The number of hydrogen-bond donors (Lipinski definition) is 2. The van der Waals surface area contributed by atoms with Crippen LogP contribution < -0.4 is 11.2 Å². The summed E-state index contributed by atoms with van der Waals surface area (Å²) in [5.74, 6) is 6.67. The van der Waals surface area contributed by atoms with Crippen molar-refractivity contribution in [3.63, 3.8) is 0 Å². The minimum Gasteiger partial charge on any atom is -0.373 e. The molecular formula is C9H11N3. The van der Waals surface area contributed by atoms with Gasteiger partial charge in [-0.3, -0.25) is 4.68 Å². The molecule has 3 N–H and O–H groups in total. The van der Waals surface area contributed by atoms with E-state index in [9.17, 15) is 0 Å². The molecule has 0 unspecified atom stereocenters. The van der Waals surface area contributed by atoms with E-state index < -0.39 is 0 Å². The Hall–Kier alpha value is -1.64. The molecule has 0 saturated carbocycles. The van der Waals surface area contributed by atoms with E-state index in [2.05, 4.69) is 5.32 Å². The highest BCUT2D eigenvalue weighted by Crippen LogP contribution is 2.22. The lowest BCUT2D eigenvalue weighted by Crippen LogP contribution is -2.09. The summed E-state index contributed by atoms with van der Waals surface area (Å²) in [7, 11) is 1.87. The highest BCUT2D eigenvalue weighted by Gasteiger charge is 2.03. The van der Waals surface area contributed by atoms with E-state index in [1.807, 2.05) is 37.5 Å². The molecule has 62 valence electrons. The number of nitrogens with one attached hydrogen (secondary N) is 1. The van der Waals surface area contributed by atoms with E-state index in [1.165, 1.54) is 0 Å². The van der Waals surface area contributed by atoms with Crippen LogP contribution in [0.2, 0.25) is 0 Å². The first-order chi connectivity index (χ1) is 5.83. The summed E-state index contributed by atoms with van der Waals surface area (Å²) in [5, 5.41) is 5.37. The Bertz CT molecular complexity index is 403. The predicted octanol–water partition coefficient (Wildman–Crippen LogP) is 1.40. The number of nitrogen functional groups attached to an aromatic ring is 1. The molecule has 3 nitrogen and oxygen atoms in total. The number of nitrogens with two attached hydrogens (primary N) is 1. The van der Waals surface area contributed by atoms with Crippen molar-refractivity contribution in [1.29, 1.82) is 0 Å². The van der Waals surface area contributed by atoms with Gasteiger partial charge in [0.25, 0.3) is 0 Å². The number of anilines is 1. The fraction of sp³-hybridized carbons (Fsp3) is 0.111. The summed E-state index contributed by atoms with van der Waals surface area (Å²) in [5.41, 5.74) is 0. The molecule has 0 fully saturated rings. The van der Waals surface area contributed by atoms with Crippen LogP contribution >= 0.6 is 0 Å². The molecule has 0 saturated heterocycles. The molecule has 0 bridgehead atoms. The molecule has 0 radical (unpaired) electrons. The molecule has 0 aliphatic rings. The first-order valence-corrected chi connectivity index (χ1v) is 3.86. The van der Waals surface area contributed by atoms with Gasteiger partial charge in [-0.25, -0.2) is 0 Å². The number of rotatable bonds is 1. The zero-order valence-corrected chi connectivity index (χ0v) is 6.91. The zero-order valence-electron chi connectivity index (χ0n) is 6.91. The van der Waals surface area contributed by atoms with Crippen LogP contribution in [0.4, 0.5) is 5.82 Å². The van der Waals surface area contributed by atoms with Gasteiger partial charge in [-0.1, -0.05) is 24.3 Å². The zero-order chi connectivity index (χ0) is 8.55. The van der Waals surface area contributed by atoms with Gasteiger partial charge in [-0.15, -0.1) is 0 Å². The van der Waals surface area contributed by atoms with Crippen LogP contribution in [0.3, 0.4) is 0 Å². The number of benzene rings is 1. The van der Waals surface area contributed by atoms with Gasteiger partial charge in [0.1, 0.15) is 5.82 Å². The molecule has 12 heavy (non-hydrogen) atoms. The average Bonchev–Trinajstić information content (AvgIpc) is 2.40. The fourth-order valence-corrected chi connectivity index (χ4v) is 1.44. The molecule has 1 heterocycles. The van der Waals surface area contributed by atoms with Gasteiger partial charge in [0.15, 0.2) is 0 Å². The standard InChI is InChI=1S/C9H11N3/c1-11-9-8-5-3-2-4-7(8)6-12(9)10/h2-6,11H,10H2,1H3. The Morgan fingerprint density at radius 1 is 1.33 bits per heavy atom. The first kappa shape index (κ1) is 7.03. The molecule has 2 rings (SSSR count). The fourth-order valence-electron chi connectivity index (χ4n) is 1.44. The maximum atomic E-state index is 5.72. The SMILES string of the molecule is CNc1c2ccccc2cn1N. The molecular weight excluding hydrogens is 150 g/mol. The third kappa shape index (κ3) is 0.830. The lowest BCUT2D eigenvalue weighted by molar-refractivity contribution is 1.03. The lowest BCUT2D eigenvalue weighted by Gasteiger charge is -2.00. The average molecular weight is 161 g/mol. The van der Waals surface area contributed by atoms with Gasteiger partial charge >= 0.3 is 0 Å². The molecule has 2 aromatic rings. The number of fused-ring (bicyclic) bond motifs is 1. The van der Waals surface area contributed by atoms with Crippen molar-refractivity contribution >= 4 is 16.6 Å². The summed E-state index contributed by atoms with van der Waals surface area (Å²) in [6.45, 7) is 0. The van der Waals surface area contributed by atoms with E-state index in [4.69, 9.17) is 5.84 Å². The Labute approximate surface area is 70.8 Å². The molecule has 0 atom stereocenters. The maximum Gasteiger partial charge on any atom is 0.132 e.